The first-order valence-corrected chi connectivity index (χ1v) is 16.0. The van der Waals surface area contributed by atoms with E-state index in [1.807, 2.05) is 0 Å². The molecule has 6 rings (SSSR count). The molecular weight excluding hydrogens is 521 g/mol. The summed E-state index contributed by atoms with van der Waals surface area (Å²) in [5, 5.41) is 11.8. The number of fused-ring (bicyclic) bond motifs is 1. The molecule has 4 atom stereocenters. The molecule has 0 spiro atoms. The minimum absolute atomic E-state index is 0.0649. The number of halogens is 1. The summed E-state index contributed by atoms with van der Waals surface area (Å²) in [5.41, 5.74) is 2.06. The number of ether oxygens (including phenoxy) is 1. The van der Waals surface area contributed by atoms with Crippen molar-refractivity contribution in [1.29, 1.82) is 0 Å². The topological polar surface area (TPSA) is 59.0 Å². The molecular formula is C33H36FNO4Si. The van der Waals surface area contributed by atoms with Crippen molar-refractivity contribution in [3.05, 3.63) is 96.3 Å². The third-order valence-electron chi connectivity index (χ3n) is 8.84. The minimum Gasteiger partial charge on any atom is -0.441 e. The van der Waals surface area contributed by atoms with Gasteiger partial charge in [-0.3, -0.25) is 4.90 Å². The van der Waals surface area contributed by atoms with E-state index in [0.717, 1.165) is 12.0 Å². The van der Waals surface area contributed by atoms with Crippen molar-refractivity contribution in [2.45, 2.75) is 38.3 Å². The molecule has 1 heterocycles. The fraction of sp³-hybridized carbons (Fsp3) is 0.364. The fourth-order valence-electron chi connectivity index (χ4n) is 6.74. The lowest BCUT2D eigenvalue weighted by Gasteiger charge is -2.43. The maximum atomic E-state index is 15.2. The van der Waals surface area contributed by atoms with Crippen molar-refractivity contribution >= 4 is 36.0 Å². The van der Waals surface area contributed by atoms with Crippen molar-refractivity contribution in [2.24, 2.45) is 17.8 Å². The van der Waals surface area contributed by atoms with E-state index in [1.165, 1.54) is 21.3 Å². The molecule has 208 valence electrons. The molecule has 7 heteroatoms. The number of amides is 1. The Morgan fingerprint density at radius 2 is 1.68 bits per heavy atom. The van der Waals surface area contributed by atoms with E-state index < -0.39 is 20.5 Å². The molecule has 3 aromatic rings. The van der Waals surface area contributed by atoms with Crippen molar-refractivity contribution in [3.63, 3.8) is 0 Å². The third kappa shape index (κ3) is 4.60. The predicted molar refractivity (Wildman–Crippen MR) is 158 cm³/mol. The summed E-state index contributed by atoms with van der Waals surface area (Å²) in [4.78, 5) is 13.5. The lowest BCUT2D eigenvalue weighted by molar-refractivity contribution is 0.0963. The quantitative estimate of drug-likeness (QED) is 0.379. The Labute approximate surface area is 236 Å². The van der Waals surface area contributed by atoms with Crippen LogP contribution in [0.4, 0.5) is 14.9 Å². The number of carbonyl (C=O) groups is 1. The molecule has 1 aliphatic heterocycles. The average Bonchev–Trinajstić information content (AvgIpc) is 3.24. The highest BCUT2D eigenvalue weighted by Crippen LogP contribution is 2.58. The summed E-state index contributed by atoms with van der Waals surface area (Å²) in [6.07, 6.45) is 1.92. The number of cyclic esters (lactones) is 1. The Morgan fingerprint density at radius 3 is 2.17 bits per heavy atom. The molecule has 5 nitrogen and oxygen atoms in total. The molecule has 2 aliphatic carbocycles. The van der Waals surface area contributed by atoms with Crippen LogP contribution in [-0.4, -0.2) is 45.4 Å². The van der Waals surface area contributed by atoms with E-state index in [2.05, 4.69) is 87.5 Å². The van der Waals surface area contributed by atoms with Crippen LogP contribution >= 0.6 is 0 Å². The van der Waals surface area contributed by atoms with Crippen LogP contribution in [0.1, 0.15) is 32.8 Å². The fourth-order valence-corrected chi connectivity index (χ4v) is 11.3. The van der Waals surface area contributed by atoms with Crippen molar-refractivity contribution < 1.29 is 23.5 Å². The smallest absolute Gasteiger partial charge is 0.414 e. The number of nitrogens with zero attached hydrogens (tertiary/aromatic N) is 1. The number of aliphatic hydroxyl groups is 1. The van der Waals surface area contributed by atoms with E-state index in [4.69, 9.17) is 9.16 Å². The Hall–Kier alpha value is -3.26. The number of rotatable bonds is 8. The Balaban J connectivity index is 1.19. The monoisotopic (exact) mass is 557 g/mol. The van der Waals surface area contributed by atoms with Gasteiger partial charge in [0, 0.05) is 12.2 Å². The summed E-state index contributed by atoms with van der Waals surface area (Å²) in [7, 11) is -2.58. The summed E-state index contributed by atoms with van der Waals surface area (Å²) >= 11 is 0. The van der Waals surface area contributed by atoms with E-state index in [9.17, 15) is 9.90 Å². The van der Waals surface area contributed by atoms with E-state index in [0.29, 0.717) is 35.6 Å². The van der Waals surface area contributed by atoms with Gasteiger partial charge in [-0.25, -0.2) is 9.18 Å². The van der Waals surface area contributed by atoms with Gasteiger partial charge in [-0.05, 0) is 63.4 Å². The highest BCUT2D eigenvalue weighted by atomic mass is 28.4. The molecule has 1 saturated heterocycles. The third-order valence-corrected chi connectivity index (χ3v) is 13.8. The molecule has 1 amide bonds. The van der Waals surface area contributed by atoms with Gasteiger partial charge in [0.2, 0.25) is 0 Å². The van der Waals surface area contributed by atoms with Crippen LogP contribution in [-0.2, 0) is 9.16 Å². The van der Waals surface area contributed by atoms with Crippen LogP contribution in [0.25, 0.3) is 5.57 Å². The molecule has 0 aromatic heterocycles. The van der Waals surface area contributed by atoms with Gasteiger partial charge in [0.05, 0.1) is 18.8 Å². The molecule has 3 aliphatic rings. The molecule has 1 saturated carbocycles. The van der Waals surface area contributed by atoms with Crippen LogP contribution in [0, 0.1) is 23.6 Å². The number of carbonyl (C=O) groups excluding carboxylic acids is 1. The zero-order valence-corrected chi connectivity index (χ0v) is 24.2. The maximum Gasteiger partial charge on any atom is 0.414 e. The largest absolute Gasteiger partial charge is 0.441 e. The van der Waals surface area contributed by atoms with Gasteiger partial charge in [0.1, 0.15) is 11.9 Å². The number of hydrogen-bond acceptors (Lipinski definition) is 4. The molecule has 3 aromatic carbocycles. The predicted octanol–water partition coefficient (Wildman–Crippen LogP) is 5.37. The lowest BCUT2D eigenvalue weighted by Crippen LogP contribution is -2.66. The zero-order chi connectivity index (χ0) is 28.1. The number of anilines is 1. The number of hydrogen-bond donors (Lipinski definition) is 1. The van der Waals surface area contributed by atoms with E-state index in [1.54, 1.807) is 12.1 Å². The molecule has 0 unspecified atom stereocenters. The first kappa shape index (κ1) is 26.9. The van der Waals surface area contributed by atoms with Crippen molar-refractivity contribution in [2.75, 3.05) is 24.7 Å². The zero-order valence-electron chi connectivity index (χ0n) is 23.2. The van der Waals surface area contributed by atoms with Gasteiger partial charge in [0.25, 0.3) is 8.32 Å². The SMILES string of the molecule is CC(C)(C)[Si](OC[C@H]1[C@@H]2C=C(c3ccc(N4C[C@H](CO)OC4=O)cc3F)C[C@@H]21)(c1ccccc1)c1ccccc1. The Morgan fingerprint density at radius 1 is 1.02 bits per heavy atom. The van der Waals surface area contributed by atoms with Gasteiger partial charge in [-0.1, -0.05) is 87.5 Å². The molecule has 2 fully saturated rings. The first-order chi connectivity index (χ1) is 19.2. The second-order valence-corrected chi connectivity index (χ2v) is 16.5. The van der Waals surface area contributed by atoms with Crippen molar-refractivity contribution in [3.8, 4) is 0 Å². The van der Waals surface area contributed by atoms with Gasteiger partial charge in [-0.15, -0.1) is 0 Å². The number of benzene rings is 3. The van der Waals surface area contributed by atoms with Crippen LogP contribution in [0.5, 0.6) is 0 Å². The van der Waals surface area contributed by atoms with Crippen LogP contribution < -0.4 is 15.3 Å². The summed E-state index contributed by atoms with van der Waals surface area (Å²) in [6.45, 7) is 7.54. The Kier molecular flexibility index (Phi) is 6.93. The molecule has 40 heavy (non-hydrogen) atoms. The molecule has 0 bridgehead atoms. The second kappa shape index (κ2) is 10.3. The molecule has 1 N–H and O–H groups in total. The maximum absolute atomic E-state index is 15.2. The minimum atomic E-state index is -2.58. The van der Waals surface area contributed by atoms with Gasteiger partial charge >= 0.3 is 6.09 Å². The summed E-state index contributed by atoms with van der Waals surface area (Å²) in [6, 6.07) is 26.3. The number of allylic oxidation sites excluding steroid dienone is 2. The summed E-state index contributed by atoms with van der Waals surface area (Å²) < 4.78 is 27.5. The van der Waals surface area contributed by atoms with Crippen molar-refractivity contribution in [1.82, 2.24) is 0 Å². The van der Waals surface area contributed by atoms with Gasteiger partial charge in [0.15, 0.2) is 0 Å². The average molecular weight is 558 g/mol. The van der Waals surface area contributed by atoms with Gasteiger partial charge in [-0.2, -0.15) is 0 Å². The standard InChI is InChI=1S/C33H36FNO4Si/c1-33(2,3)40(25-10-6-4-7-11-25,26-12-8-5-9-13-26)38-21-30-28-16-22(17-29(28)30)27-15-14-23(18-31(27)34)35-19-24(20-36)39-32(35)37/h4-16,18,24,28-30,36H,17,19-21H2,1-3H3/t24-,28-,29+,30+/m1/s1. The normalized spacial score (nSPS) is 24.1. The van der Waals surface area contributed by atoms with Crippen LogP contribution in [0.3, 0.4) is 0 Å². The lowest BCUT2D eigenvalue weighted by atomic mass is 10.00. The Bertz CT molecular complexity index is 1380. The van der Waals surface area contributed by atoms with E-state index >= 15 is 4.39 Å². The second-order valence-electron chi connectivity index (χ2n) is 12.2. The van der Waals surface area contributed by atoms with Gasteiger partial charge < -0.3 is 14.3 Å². The highest BCUT2D eigenvalue weighted by molar-refractivity contribution is 6.99. The van der Waals surface area contributed by atoms with E-state index in [-0.39, 0.29) is 24.0 Å². The highest BCUT2D eigenvalue weighted by Gasteiger charge is 2.56. The van der Waals surface area contributed by atoms with Crippen LogP contribution in [0.15, 0.2) is 84.9 Å². The molecule has 0 radical (unpaired) electrons. The number of aliphatic hydroxyl groups excluding tert-OH is 1. The first-order valence-electron chi connectivity index (χ1n) is 14.1. The summed E-state index contributed by atoms with van der Waals surface area (Å²) in [5.74, 6) is 0.949. The van der Waals surface area contributed by atoms with Crippen LogP contribution in [0.2, 0.25) is 5.04 Å².